The van der Waals surface area contributed by atoms with E-state index in [0.717, 1.165) is 11.1 Å². The van der Waals surface area contributed by atoms with Crippen LogP contribution in [0.5, 0.6) is 5.75 Å². The van der Waals surface area contributed by atoms with Gasteiger partial charge in [-0.05, 0) is 54.4 Å². The zero-order valence-electron chi connectivity index (χ0n) is 16.2. The Kier molecular flexibility index (Phi) is 6.44. The van der Waals surface area contributed by atoms with Gasteiger partial charge in [0.15, 0.2) is 6.10 Å². The number of phenols is 1. The fourth-order valence-corrected chi connectivity index (χ4v) is 2.62. The number of esters is 1. The zero-order chi connectivity index (χ0) is 21.5. The third-order valence-corrected chi connectivity index (χ3v) is 4.31. The van der Waals surface area contributed by atoms with E-state index in [0.29, 0.717) is 5.56 Å². The lowest BCUT2D eigenvalue weighted by atomic mass is 10.0. The summed E-state index contributed by atoms with van der Waals surface area (Å²) in [5.74, 6) is -1.63. The van der Waals surface area contributed by atoms with Crippen LogP contribution in [0.25, 0.3) is 11.1 Å². The minimum absolute atomic E-state index is 0.172. The summed E-state index contributed by atoms with van der Waals surface area (Å²) in [6.07, 6.45) is -1.11. The molecule has 152 valence electrons. The van der Waals surface area contributed by atoms with Gasteiger partial charge in [0.05, 0.1) is 5.56 Å². The Bertz CT molecular complexity index is 1030. The van der Waals surface area contributed by atoms with E-state index >= 15 is 0 Å². The largest absolute Gasteiger partial charge is 0.508 e. The number of phenolic OH excluding ortho intramolecular Hbond substituents is 1. The molecule has 0 saturated heterocycles. The highest BCUT2D eigenvalue weighted by atomic mass is 16.5. The van der Waals surface area contributed by atoms with Gasteiger partial charge in [-0.2, -0.15) is 0 Å². The molecule has 0 bridgehead atoms. The van der Waals surface area contributed by atoms with Crippen LogP contribution in [-0.2, 0) is 9.53 Å². The number of benzene rings is 3. The first-order valence-electron chi connectivity index (χ1n) is 9.20. The second kappa shape index (κ2) is 9.38. The topological polar surface area (TPSA) is 105 Å². The van der Waals surface area contributed by atoms with Crippen LogP contribution in [0.2, 0.25) is 0 Å². The Morgan fingerprint density at radius 2 is 1.33 bits per heavy atom. The lowest BCUT2D eigenvalue weighted by Crippen LogP contribution is -2.46. The maximum absolute atomic E-state index is 12.3. The molecular formula is C23H20N2O5. The van der Waals surface area contributed by atoms with Crippen molar-refractivity contribution in [2.45, 2.75) is 13.0 Å². The van der Waals surface area contributed by atoms with E-state index in [1.165, 1.54) is 6.92 Å². The Morgan fingerprint density at radius 1 is 0.767 bits per heavy atom. The monoisotopic (exact) mass is 404 g/mol. The van der Waals surface area contributed by atoms with E-state index in [1.54, 1.807) is 78.9 Å². The van der Waals surface area contributed by atoms with Gasteiger partial charge in [-0.15, -0.1) is 0 Å². The van der Waals surface area contributed by atoms with Crippen LogP contribution in [0.1, 0.15) is 27.6 Å². The molecule has 0 saturated carbocycles. The molecular weight excluding hydrogens is 384 g/mol. The molecule has 7 heteroatoms. The lowest BCUT2D eigenvalue weighted by molar-refractivity contribution is -0.129. The zero-order valence-corrected chi connectivity index (χ0v) is 16.2. The summed E-state index contributed by atoms with van der Waals surface area (Å²) in [6.45, 7) is 1.41. The van der Waals surface area contributed by atoms with Crippen molar-refractivity contribution in [3.05, 3.63) is 90.0 Å². The standard InChI is InChI=1S/C23H20N2O5/c1-15(21(27)24-25-22(28)18-5-3-2-4-6-18)30-23(29)19-9-7-16(8-10-19)17-11-13-20(26)14-12-17/h2-15,26H,1H3,(H,24,27)(H,25,28)/t15-/m0/s1. The van der Waals surface area contributed by atoms with Crippen LogP contribution >= 0.6 is 0 Å². The molecule has 0 aliphatic heterocycles. The predicted molar refractivity (Wildman–Crippen MR) is 110 cm³/mol. The first-order valence-corrected chi connectivity index (χ1v) is 9.20. The van der Waals surface area contributed by atoms with Gasteiger partial charge in [0.25, 0.3) is 11.8 Å². The lowest BCUT2D eigenvalue weighted by Gasteiger charge is -2.14. The molecule has 3 aromatic rings. The second-order valence-electron chi connectivity index (χ2n) is 6.48. The van der Waals surface area contributed by atoms with Gasteiger partial charge in [0, 0.05) is 5.56 Å². The Morgan fingerprint density at radius 3 is 1.93 bits per heavy atom. The second-order valence-corrected chi connectivity index (χ2v) is 6.48. The Hall–Kier alpha value is -4.13. The third kappa shape index (κ3) is 5.23. The molecule has 7 nitrogen and oxygen atoms in total. The van der Waals surface area contributed by atoms with Crippen molar-refractivity contribution in [3.63, 3.8) is 0 Å². The minimum atomic E-state index is -1.11. The van der Waals surface area contributed by atoms with E-state index in [1.807, 2.05) is 0 Å². The molecule has 0 heterocycles. The summed E-state index contributed by atoms with van der Waals surface area (Å²) in [4.78, 5) is 36.3. The first-order chi connectivity index (χ1) is 14.4. The van der Waals surface area contributed by atoms with Crippen molar-refractivity contribution in [1.82, 2.24) is 10.9 Å². The highest BCUT2D eigenvalue weighted by Gasteiger charge is 2.19. The van der Waals surface area contributed by atoms with Crippen molar-refractivity contribution in [1.29, 1.82) is 0 Å². The van der Waals surface area contributed by atoms with Crippen LogP contribution in [0.3, 0.4) is 0 Å². The summed E-state index contributed by atoms with van der Waals surface area (Å²) < 4.78 is 5.16. The van der Waals surface area contributed by atoms with Gasteiger partial charge in [-0.1, -0.05) is 42.5 Å². The fourth-order valence-electron chi connectivity index (χ4n) is 2.62. The number of aromatic hydroxyl groups is 1. The van der Waals surface area contributed by atoms with E-state index in [9.17, 15) is 19.5 Å². The molecule has 3 aromatic carbocycles. The van der Waals surface area contributed by atoms with Gasteiger partial charge in [-0.3, -0.25) is 20.4 Å². The van der Waals surface area contributed by atoms with Crippen LogP contribution < -0.4 is 10.9 Å². The number of ether oxygens (including phenoxy) is 1. The fraction of sp³-hybridized carbons (Fsp3) is 0.0870. The van der Waals surface area contributed by atoms with E-state index < -0.39 is 23.9 Å². The average Bonchev–Trinajstić information content (AvgIpc) is 2.78. The van der Waals surface area contributed by atoms with Crippen LogP contribution in [-0.4, -0.2) is 29.0 Å². The van der Waals surface area contributed by atoms with Crippen molar-refractivity contribution in [3.8, 4) is 16.9 Å². The Labute approximate surface area is 173 Å². The number of amides is 2. The summed E-state index contributed by atoms with van der Waals surface area (Å²) in [5.41, 5.74) is 6.93. The van der Waals surface area contributed by atoms with E-state index in [4.69, 9.17) is 4.74 Å². The molecule has 0 aliphatic rings. The molecule has 3 rings (SSSR count). The SMILES string of the molecule is C[C@H](OC(=O)c1ccc(-c2ccc(O)cc2)cc1)C(=O)NNC(=O)c1ccccc1. The van der Waals surface area contributed by atoms with Crippen LogP contribution in [0.15, 0.2) is 78.9 Å². The maximum atomic E-state index is 12.3. The molecule has 30 heavy (non-hydrogen) atoms. The highest BCUT2D eigenvalue weighted by Crippen LogP contribution is 2.22. The van der Waals surface area contributed by atoms with Gasteiger partial charge >= 0.3 is 5.97 Å². The Balaban J connectivity index is 1.53. The van der Waals surface area contributed by atoms with Crippen molar-refractivity contribution >= 4 is 17.8 Å². The molecule has 0 aromatic heterocycles. The molecule has 0 radical (unpaired) electrons. The summed E-state index contributed by atoms with van der Waals surface area (Å²) in [5, 5.41) is 9.36. The first kappa shape index (κ1) is 20.6. The number of carbonyl (C=O) groups is 3. The normalized spacial score (nSPS) is 11.2. The summed E-state index contributed by atoms with van der Waals surface area (Å²) in [7, 11) is 0. The molecule has 3 N–H and O–H groups in total. The summed E-state index contributed by atoms with van der Waals surface area (Å²) in [6, 6.07) is 21.7. The number of hydrogen-bond donors (Lipinski definition) is 3. The molecule has 2 amide bonds. The summed E-state index contributed by atoms with van der Waals surface area (Å²) >= 11 is 0. The predicted octanol–water partition coefficient (Wildman–Crippen LogP) is 3.07. The number of hydrazine groups is 1. The van der Waals surface area contributed by atoms with E-state index in [-0.39, 0.29) is 11.3 Å². The van der Waals surface area contributed by atoms with E-state index in [2.05, 4.69) is 10.9 Å². The van der Waals surface area contributed by atoms with Crippen molar-refractivity contribution in [2.75, 3.05) is 0 Å². The number of rotatable bonds is 5. The van der Waals surface area contributed by atoms with Gasteiger partial charge < -0.3 is 9.84 Å². The molecule has 0 unspecified atom stereocenters. The van der Waals surface area contributed by atoms with Gasteiger partial charge in [-0.25, -0.2) is 4.79 Å². The maximum Gasteiger partial charge on any atom is 0.338 e. The van der Waals surface area contributed by atoms with Crippen molar-refractivity contribution < 1.29 is 24.2 Å². The molecule has 0 fully saturated rings. The van der Waals surface area contributed by atoms with Gasteiger partial charge in [0.1, 0.15) is 5.75 Å². The third-order valence-electron chi connectivity index (χ3n) is 4.31. The average molecular weight is 404 g/mol. The minimum Gasteiger partial charge on any atom is -0.508 e. The van der Waals surface area contributed by atoms with Crippen LogP contribution in [0.4, 0.5) is 0 Å². The van der Waals surface area contributed by atoms with Gasteiger partial charge in [0.2, 0.25) is 0 Å². The number of carbonyl (C=O) groups excluding carboxylic acids is 3. The smallest absolute Gasteiger partial charge is 0.338 e. The van der Waals surface area contributed by atoms with Crippen LogP contribution in [0, 0.1) is 0 Å². The van der Waals surface area contributed by atoms with Crippen molar-refractivity contribution in [2.24, 2.45) is 0 Å². The number of hydrogen-bond acceptors (Lipinski definition) is 5. The molecule has 0 spiro atoms. The quantitative estimate of drug-likeness (QED) is 0.448. The number of nitrogens with one attached hydrogen (secondary N) is 2. The molecule has 0 aliphatic carbocycles. The highest BCUT2D eigenvalue weighted by molar-refractivity contribution is 5.96. The molecule has 1 atom stereocenters.